The molecular formula is C20H24F2N2O6S. The Hall–Kier alpha value is -2.92. The molecule has 2 rings (SSSR count). The Labute approximate surface area is 179 Å². The zero-order valence-corrected chi connectivity index (χ0v) is 18.1. The zero-order valence-electron chi connectivity index (χ0n) is 17.3. The quantitative estimate of drug-likeness (QED) is 0.530. The van der Waals surface area contributed by atoms with Crippen LogP contribution in [0.15, 0.2) is 47.4 Å². The smallest absolute Gasteiger partial charge is 0.394 e. The van der Waals surface area contributed by atoms with Crippen molar-refractivity contribution in [2.45, 2.75) is 31.3 Å². The predicted octanol–water partition coefficient (Wildman–Crippen LogP) is 3.85. The lowest BCUT2D eigenvalue weighted by Gasteiger charge is -2.16. The van der Waals surface area contributed by atoms with Gasteiger partial charge in [-0.05, 0) is 31.2 Å². The summed E-state index contributed by atoms with van der Waals surface area (Å²) < 4.78 is 68.9. The van der Waals surface area contributed by atoms with E-state index in [1.807, 2.05) is 0 Å². The first kappa shape index (κ1) is 24.4. The van der Waals surface area contributed by atoms with Gasteiger partial charge in [-0.25, -0.2) is 8.42 Å². The van der Waals surface area contributed by atoms with Crippen LogP contribution in [0.2, 0.25) is 0 Å². The predicted molar refractivity (Wildman–Crippen MR) is 111 cm³/mol. The van der Waals surface area contributed by atoms with Crippen molar-refractivity contribution in [2.24, 2.45) is 0 Å². The molecule has 170 valence electrons. The summed E-state index contributed by atoms with van der Waals surface area (Å²) in [4.78, 5) is 11.7. The van der Waals surface area contributed by atoms with Crippen LogP contribution in [0.4, 0.5) is 20.2 Å². The van der Waals surface area contributed by atoms with Crippen molar-refractivity contribution < 1.29 is 36.2 Å². The van der Waals surface area contributed by atoms with Gasteiger partial charge in [-0.2, -0.15) is 8.78 Å². The number of hydrogen-bond donors (Lipinski definition) is 2. The highest BCUT2D eigenvalue weighted by atomic mass is 32.2. The van der Waals surface area contributed by atoms with E-state index in [1.165, 1.54) is 43.5 Å². The molecule has 0 aliphatic carbocycles. The average Bonchev–Trinajstić information content (AvgIpc) is 2.65. The molecule has 2 aromatic rings. The second kappa shape index (κ2) is 10.4. The molecule has 0 spiro atoms. The fourth-order valence-electron chi connectivity index (χ4n) is 2.53. The molecule has 8 nitrogen and oxygen atoms in total. The van der Waals surface area contributed by atoms with Crippen LogP contribution in [0, 0.1) is 0 Å². The van der Waals surface area contributed by atoms with Crippen molar-refractivity contribution >= 4 is 27.3 Å². The molecule has 2 N–H and O–H groups in total. The summed E-state index contributed by atoms with van der Waals surface area (Å²) in [5.41, 5.74) is 0.380. The molecule has 0 bridgehead atoms. The molecule has 0 aliphatic rings. The normalized spacial score (nSPS) is 11.6. The minimum atomic E-state index is -4.14. The van der Waals surface area contributed by atoms with Gasteiger partial charge in [0.05, 0.1) is 25.3 Å². The van der Waals surface area contributed by atoms with E-state index in [-0.39, 0.29) is 47.6 Å². The summed E-state index contributed by atoms with van der Waals surface area (Å²) in [6.45, 7) is 2.68. The van der Waals surface area contributed by atoms with Crippen LogP contribution in [0.25, 0.3) is 0 Å². The maximum atomic E-state index is 13.1. The molecule has 31 heavy (non-hydrogen) atoms. The molecule has 0 heterocycles. The fourth-order valence-corrected chi connectivity index (χ4v) is 3.71. The maximum Gasteiger partial charge on any atom is 0.394 e. The molecule has 0 saturated heterocycles. The number of anilines is 2. The number of carbonyl (C=O) groups is 1. The van der Waals surface area contributed by atoms with Crippen LogP contribution < -0.4 is 19.5 Å². The van der Waals surface area contributed by atoms with Gasteiger partial charge in [-0.3, -0.25) is 9.52 Å². The molecule has 0 fully saturated rings. The van der Waals surface area contributed by atoms with Crippen LogP contribution in [-0.2, 0) is 19.6 Å². The number of benzene rings is 2. The van der Waals surface area contributed by atoms with Gasteiger partial charge >= 0.3 is 6.11 Å². The summed E-state index contributed by atoms with van der Waals surface area (Å²) in [5.74, 6) is -0.485. The van der Waals surface area contributed by atoms with Crippen LogP contribution >= 0.6 is 0 Å². The second-order valence-corrected chi connectivity index (χ2v) is 8.08. The summed E-state index contributed by atoms with van der Waals surface area (Å²) in [6, 6.07) is 9.27. The number of sulfonamides is 1. The Morgan fingerprint density at radius 1 is 1.13 bits per heavy atom. The first-order chi connectivity index (χ1) is 14.5. The third-order valence-corrected chi connectivity index (χ3v) is 5.15. The van der Waals surface area contributed by atoms with Gasteiger partial charge in [0.15, 0.2) is 0 Å². The van der Waals surface area contributed by atoms with Gasteiger partial charge in [-0.15, -0.1) is 0 Å². The highest BCUT2D eigenvalue weighted by Crippen LogP contribution is 2.31. The molecule has 0 aromatic heterocycles. The molecule has 0 aliphatic heterocycles. The van der Waals surface area contributed by atoms with Gasteiger partial charge < -0.3 is 19.5 Å². The largest absolute Gasteiger partial charge is 0.492 e. The molecule has 0 atom stereocenters. The van der Waals surface area contributed by atoms with Crippen molar-refractivity contribution in [1.82, 2.24) is 0 Å². The standard InChI is InChI=1S/C20H24F2N2O6S/c1-4-29-17-13-14(23-19(25)10-11-28-3)8-9-18(17)31(26,27)24-15-6-5-7-16(12-15)30-20(2,21)22/h5-9,12-13,24H,4,10-11H2,1-3H3,(H,23,25). The van der Waals surface area contributed by atoms with Gasteiger partial charge in [0.1, 0.15) is 16.4 Å². The van der Waals surface area contributed by atoms with Crippen LogP contribution in [0.5, 0.6) is 11.5 Å². The van der Waals surface area contributed by atoms with E-state index in [0.717, 1.165) is 6.07 Å². The van der Waals surface area contributed by atoms with Gasteiger partial charge in [-0.1, -0.05) is 6.07 Å². The van der Waals surface area contributed by atoms with Crippen molar-refractivity contribution in [2.75, 3.05) is 30.4 Å². The molecule has 0 radical (unpaired) electrons. The lowest BCUT2D eigenvalue weighted by Crippen LogP contribution is -2.19. The third-order valence-electron chi connectivity index (χ3n) is 3.73. The Morgan fingerprint density at radius 2 is 1.87 bits per heavy atom. The Morgan fingerprint density at radius 3 is 2.52 bits per heavy atom. The summed E-state index contributed by atoms with van der Waals surface area (Å²) in [5, 5.41) is 2.63. The number of amides is 1. The number of alkyl halides is 2. The Bertz CT molecular complexity index is 1010. The topological polar surface area (TPSA) is 103 Å². The molecule has 0 saturated carbocycles. The lowest BCUT2D eigenvalue weighted by atomic mass is 10.3. The SMILES string of the molecule is CCOc1cc(NC(=O)CCOC)ccc1S(=O)(=O)Nc1cccc(OC(C)(F)F)c1. The zero-order chi connectivity index (χ0) is 23.1. The molecule has 1 amide bonds. The molecule has 11 heteroatoms. The average molecular weight is 458 g/mol. The molecule has 0 unspecified atom stereocenters. The first-order valence-corrected chi connectivity index (χ1v) is 10.8. The van der Waals surface area contributed by atoms with Crippen molar-refractivity contribution in [1.29, 1.82) is 0 Å². The summed E-state index contributed by atoms with van der Waals surface area (Å²) in [7, 11) is -2.66. The number of ether oxygens (including phenoxy) is 3. The summed E-state index contributed by atoms with van der Waals surface area (Å²) >= 11 is 0. The van der Waals surface area contributed by atoms with E-state index in [0.29, 0.717) is 12.6 Å². The fraction of sp³-hybridized carbons (Fsp3) is 0.350. The minimum absolute atomic E-state index is 0.0204. The van der Waals surface area contributed by atoms with Crippen molar-refractivity contribution in [3.63, 3.8) is 0 Å². The monoisotopic (exact) mass is 458 g/mol. The number of nitrogens with one attached hydrogen (secondary N) is 2. The highest BCUT2D eigenvalue weighted by Gasteiger charge is 2.24. The van der Waals surface area contributed by atoms with Crippen LogP contribution in [0.1, 0.15) is 20.3 Å². The Kier molecular flexibility index (Phi) is 8.17. The van der Waals surface area contributed by atoms with Crippen molar-refractivity contribution in [3.8, 4) is 11.5 Å². The van der Waals surface area contributed by atoms with E-state index >= 15 is 0 Å². The summed E-state index contributed by atoms with van der Waals surface area (Å²) in [6.07, 6.45) is -3.28. The number of halogens is 2. The number of hydrogen-bond acceptors (Lipinski definition) is 6. The Balaban J connectivity index is 2.27. The van der Waals surface area contributed by atoms with Gasteiger partial charge in [0.25, 0.3) is 10.0 Å². The maximum absolute atomic E-state index is 13.1. The lowest BCUT2D eigenvalue weighted by molar-refractivity contribution is -0.158. The number of methoxy groups -OCH3 is 1. The van der Waals surface area contributed by atoms with Gasteiger partial charge in [0, 0.05) is 31.9 Å². The second-order valence-electron chi connectivity index (χ2n) is 6.43. The van der Waals surface area contributed by atoms with Crippen LogP contribution in [0.3, 0.4) is 0 Å². The van der Waals surface area contributed by atoms with E-state index < -0.39 is 16.1 Å². The van der Waals surface area contributed by atoms with E-state index in [9.17, 15) is 22.0 Å². The van der Waals surface area contributed by atoms with Crippen molar-refractivity contribution in [3.05, 3.63) is 42.5 Å². The van der Waals surface area contributed by atoms with E-state index in [2.05, 4.69) is 14.8 Å². The molecular weight excluding hydrogens is 434 g/mol. The van der Waals surface area contributed by atoms with Crippen LogP contribution in [-0.4, -0.2) is 40.8 Å². The highest BCUT2D eigenvalue weighted by molar-refractivity contribution is 7.92. The minimum Gasteiger partial charge on any atom is -0.492 e. The first-order valence-electron chi connectivity index (χ1n) is 9.29. The van der Waals surface area contributed by atoms with E-state index in [4.69, 9.17) is 9.47 Å². The third kappa shape index (κ3) is 7.68. The van der Waals surface area contributed by atoms with Gasteiger partial charge in [0.2, 0.25) is 5.91 Å². The van der Waals surface area contributed by atoms with E-state index in [1.54, 1.807) is 6.92 Å². The molecule has 2 aromatic carbocycles. The number of carbonyl (C=O) groups excluding carboxylic acids is 1. The number of rotatable bonds is 11.